The highest BCUT2D eigenvalue weighted by molar-refractivity contribution is 5.53. The predicted octanol–water partition coefficient (Wildman–Crippen LogP) is 1.87. The molecule has 1 aliphatic heterocycles. The molecule has 1 unspecified atom stereocenters. The molecule has 1 aromatic rings. The number of nitrogens with two attached hydrogens (primary N) is 1. The van der Waals surface area contributed by atoms with Gasteiger partial charge >= 0.3 is 0 Å². The molecule has 0 aliphatic carbocycles. The van der Waals surface area contributed by atoms with Crippen LogP contribution in [-0.2, 0) is 0 Å². The Bertz CT molecular complexity index is 372. The summed E-state index contributed by atoms with van der Waals surface area (Å²) in [5.41, 5.74) is 7.70. The Morgan fingerprint density at radius 3 is 2.82 bits per heavy atom. The maximum atomic E-state index is 5.87. The van der Waals surface area contributed by atoms with Crippen LogP contribution in [-0.4, -0.2) is 35.6 Å². The lowest BCUT2D eigenvalue weighted by Crippen LogP contribution is -2.33. The molecular weight excluding hydrogens is 212 g/mol. The van der Waals surface area contributed by atoms with Crippen LogP contribution >= 0.6 is 0 Å². The number of pyridine rings is 1. The highest BCUT2D eigenvalue weighted by atomic mass is 15.2. The summed E-state index contributed by atoms with van der Waals surface area (Å²) < 4.78 is 0. The van der Waals surface area contributed by atoms with E-state index in [1.54, 1.807) is 0 Å². The summed E-state index contributed by atoms with van der Waals surface area (Å²) in [6.07, 6.45) is 4.49. The molecule has 0 amide bonds. The number of aromatic nitrogens is 1. The van der Waals surface area contributed by atoms with Gasteiger partial charge in [-0.05, 0) is 45.3 Å². The molecule has 0 radical (unpaired) electrons. The van der Waals surface area contributed by atoms with Crippen molar-refractivity contribution in [3.05, 3.63) is 17.8 Å². The van der Waals surface area contributed by atoms with Crippen molar-refractivity contribution in [1.82, 2.24) is 9.88 Å². The average Bonchev–Trinajstić information content (AvgIpc) is 2.76. The number of rotatable bonds is 4. The summed E-state index contributed by atoms with van der Waals surface area (Å²) in [6.45, 7) is 7.70. The van der Waals surface area contributed by atoms with E-state index in [0.717, 1.165) is 23.6 Å². The highest BCUT2D eigenvalue weighted by Crippen LogP contribution is 2.15. The van der Waals surface area contributed by atoms with Crippen LogP contribution in [0.15, 0.2) is 12.3 Å². The van der Waals surface area contributed by atoms with Gasteiger partial charge in [-0.3, -0.25) is 0 Å². The molecule has 4 nitrogen and oxygen atoms in total. The van der Waals surface area contributed by atoms with Crippen LogP contribution < -0.4 is 11.1 Å². The molecule has 2 heterocycles. The lowest BCUT2D eigenvalue weighted by Gasteiger charge is -2.21. The van der Waals surface area contributed by atoms with Crippen LogP contribution in [0.25, 0.3) is 0 Å². The molecule has 1 aliphatic rings. The largest absolute Gasteiger partial charge is 0.398 e. The van der Waals surface area contributed by atoms with Gasteiger partial charge in [-0.1, -0.05) is 0 Å². The van der Waals surface area contributed by atoms with Crippen molar-refractivity contribution in [3.63, 3.8) is 0 Å². The zero-order chi connectivity index (χ0) is 12.3. The monoisotopic (exact) mass is 234 g/mol. The fourth-order valence-electron chi connectivity index (χ4n) is 2.27. The molecule has 0 saturated carbocycles. The number of aryl methyl sites for hydroxylation is 1. The second-order valence-corrected chi connectivity index (χ2v) is 4.98. The Kier molecular flexibility index (Phi) is 3.84. The number of nitrogens with one attached hydrogen (secondary N) is 1. The molecule has 17 heavy (non-hydrogen) atoms. The van der Waals surface area contributed by atoms with Crippen LogP contribution in [0.1, 0.15) is 25.3 Å². The highest BCUT2D eigenvalue weighted by Gasteiger charge is 2.14. The summed E-state index contributed by atoms with van der Waals surface area (Å²) in [5.74, 6) is 0.875. The van der Waals surface area contributed by atoms with Crippen LogP contribution in [0.2, 0.25) is 0 Å². The summed E-state index contributed by atoms with van der Waals surface area (Å²) in [7, 11) is 0. The van der Waals surface area contributed by atoms with Crippen LogP contribution in [0.4, 0.5) is 11.5 Å². The van der Waals surface area contributed by atoms with Gasteiger partial charge in [0.05, 0.1) is 0 Å². The van der Waals surface area contributed by atoms with Gasteiger partial charge in [0, 0.05) is 30.5 Å². The van der Waals surface area contributed by atoms with Gasteiger partial charge in [0.25, 0.3) is 0 Å². The van der Waals surface area contributed by atoms with Crippen molar-refractivity contribution in [2.24, 2.45) is 0 Å². The molecule has 0 aromatic carbocycles. The Labute approximate surface area is 103 Å². The second-order valence-electron chi connectivity index (χ2n) is 4.98. The molecule has 1 saturated heterocycles. The first-order valence-electron chi connectivity index (χ1n) is 6.36. The SMILES string of the molecule is Cc1cnc(NC(C)CN2CCCC2)cc1N. The van der Waals surface area contributed by atoms with Crippen molar-refractivity contribution in [2.45, 2.75) is 32.7 Å². The molecule has 1 fully saturated rings. The van der Waals surface area contributed by atoms with Crippen molar-refractivity contribution in [2.75, 3.05) is 30.7 Å². The maximum Gasteiger partial charge on any atom is 0.128 e. The summed E-state index contributed by atoms with van der Waals surface area (Å²) in [6, 6.07) is 2.32. The Balaban J connectivity index is 1.88. The molecular formula is C13H22N4. The normalized spacial score (nSPS) is 18.2. The first-order chi connectivity index (χ1) is 8.15. The Morgan fingerprint density at radius 1 is 1.47 bits per heavy atom. The van der Waals surface area contributed by atoms with Gasteiger partial charge in [0.15, 0.2) is 0 Å². The molecule has 0 bridgehead atoms. The third-order valence-corrected chi connectivity index (χ3v) is 3.27. The lowest BCUT2D eigenvalue weighted by molar-refractivity contribution is 0.327. The maximum absolute atomic E-state index is 5.87. The summed E-state index contributed by atoms with van der Waals surface area (Å²) in [5, 5.41) is 3.40. The summed E-state index contributed by atoms with van der Waals surface area (Å²) >= 11 is 0. The quantitative estimate of drug-likeness (QED) is 0.835. The van der Waals surface area contributed by atoms with E-state index in [1.165, 1.54) is 25.9 Å². The first-order valence-corrected chi connectivity index (χ1v) is 6.36. The Hall–Kier alpha value is -1.29. The standard InChI is InChI=1S/C13H22N4/c1-10-8-15-13(7-12(10)14)16-11(2)9-17-5-3-4-6-17/h7-8,11H,3-6,9H2,1-2H3,(H3,14,15,16). The van der Waals surface area contributed by atoms with E-state index in [2.05, 4.69) is 22.1 Å². The molecule has 1 atom stereocenters. The van der Waals surface area contributed by atoms with Gasteiger partial charge < -0.3 is 16.0 Å². The minimum absolute atomic E-state index is 0.405. The number of hydrogen-bond acceptors (Lipinski definition) is 4. The van der Waals surface area contributed by atoms with E-state index in [-0.39, 0.29) is 0 Å². The minimum atomic E-state index is 0.405. The van der Waals surface area contributed by atoms with Gasteiger partial charge in [0.2, 0.25) is 0 Å². The molecule has 0 spiro atoms. The smallest absolute Gasteiger partial charge is 0.128 e. The third-order valence-electron chi connectivity index (χ3n) is 3.27. The molecule has 2 rings (SSSR count). The first kappa shape index (κ1) is 12.2. The zero-order valence-electron chi connectivity index (χ0n) is 10.7. The van der Waals surface area contributed by atoms with E-state index < -0.39 is 0 Å². The molecule has 3 N–H and O–H groups in total. The number of likely N-dealkylation sites (tertiary alicyclic amines) is 1. The van der Waals surface area contributed by atoms with Crippen LogP contribution in [0.5, 0.6) is 0 Å². The van der Waals surface area contributed by atoms with E-state index >= 15 is 0 Å². The van der Waals surface area contributed by atoms with Gasteiger partial charge in [-0.25, -0.2) is 4.98 Å². The number of anilines is 2. The van der Waals surface area contributed by atoms with Gasteiger partial charge in [-0.15, -0.1) is 0 Å². The number of nitrogens with zero attached hydrogens (tertiary/aromatic N) is 2. The predicted molar refractivity (Wildman–Crippen MR) is 72.1 cm³/mol. The van der Waals surface area contributed by atoms with E-state index in [9.17, 15) is 0 Å². The topological polar surface area (TPSA) is 54.2 Å². The van der Waals surface area contributed by atoms with Crippen LogP contribution in [0.3, 0.4) is 0 Å². The number of nitrogen functional groups attached to an aromatic ring is 1. The van der Waals surface area contributed by atoms with Gasteiger partial charge in [-0.2, -0.15) is 0 Å². The van der Waals surface area contributed by atoms with Crippen LogP contribution in [0, 0.1) is 6.92 Å². The fraction of sp³-hybridized carbons (Fsp3) is 0.615. The third kappa shape index (κ3) is 3.33. The van der Waals surface area contributed by atoms with E-state index in [4.69, 9.17) is 5.73 Å². The second kappa shape index (κ2) is 5.36. The van der Waals surface area contributed by atoms with Gasteiger partial charge in [0.1, 0.15) is 5.82 Å². The molecule has 1 aromatic heterocycles. The minimum Gasteiger partial charge on any atom is -0.398 e. The summed E-state index contributed by atoms with van der Waals surface area (Å²) in [4.78, 5) is 6.84. The molecule has 4 heteroatoms. The lowest BCUT2D eigenvalue weighted by atomic mass is 10.2. The van der Waals surface area contributed by atoms with E-state index in [0.29, 0.717) is 6.04 Å². The van der Waals surface area contributed by atoms with Crippen molar-refractivity contribution < 1.29 is 0 Å². The van der Waals surface area contributed by atoms with Crippen molar-refractivity contribution in [3.8, 4) is 0 Å². The van der Waals surface area contributed by atoms with Crippen molar-refractivity contribution in [1.29, 1.82) is 0 Å². The van der Waals surface area contributed by atoms with Crippen molar-refractivity contribution >= 4 is 11.5 Å². The fourth-order valence-corrected chi connectivity index (χ4v) is 2.27. The zero-order valence-corrected chi connectivity index (χ0v) is 10.7. The molecule has 94 valence electrons. The average molecular weight is 234 g/mol. The van der Waals surface area contributed by atoms with E-state index in [1.807, 2.05) is 19.2 Å². The number of hydrogen-bond donors (Lipinski definition) is 2. The Morgan fingerprint density at radius 2 is 2.18 bits per heavy atom.